The maximum absolute atomic E-state index is 11.9. The van der Waals surface area contributed by atoms with E-state index in [9.17, 15) is 7.85 Å². The van der Waals surface area contributed by atoms with Crippen molar-refractivity contribution in [2.75, 3.05) is 0 Å². The summed E-state index contributed by atoms with van der Waals surface area (Å²) in [6.45, 7) is 17.8. The van der Waals surface area contributed by atoms with Crippen LogP contribution in [0.5, 0.6) is 5.75 Å². The van der Waals surface area contributed by atoms with E-state index in [1.165, 1.54) is 11.1 Å². The molecule has 9 aromatic rings. The molecular formula is C65H64N3OPt-. The number of hydrogen-bond donors (Lipinski definition) is 1. The van der Waals surface area contributed by atoms with Gasteiger partial charge in [0.25, 0.3) is 0 Å². The van der Waals surface area contributed by atoms with Crippen LogP contribution >= 0.6 is 0 Å². The number of benzene rings is 7. The van der Waals surface area contributed by atoms with E-state index in [4.69, 9.17) is 9.97 Å². The van der Waals surface area contributed by atoms with Crippen LogP contribution in [0, 0.1) is 12.0 Å². The van der Waals surface area contributed by atoms with Gasteiger partial charge in [-0.25, -0.2) is 4.98 Å². The molecule has 356 valence electrons. The number of aromatic nitrogens is 3. The number of nitrogens with zero attached hydrogens (tertiary/aromatic N) is 3. The number of para-hydroxylation sites is 1. The van der Waals surface area contributed by atoms with E-state index in [0.717, 1.165) is 98.2 Å². The van der Waals surface area contributed by atoms with Gasteiger partial charge in [-0.05, 0) is 98.5 Å². The van der Waals surface area contributed by atoms with Gasteiger partial charge in [0.05, 0.1) is 22.3 Å². The summed E-state index contributed by atoms with van der Waals surface area (Å²) < 4.78 is 21.1. The van der Waals surface area contributed by atoms with Gasteiger partial charge in [0.2, 0.25) is 0 Å². The Morgan fingerprint density at radius 1 is 0.586 bits per heavy atom. The van der Waals surface area contributed by atoms with E-state index in [2.05, 4.69) is 193 Å². The maximum atomic E-state index is 11.9. The van der Waals surface area contributed by atoms with Crippen molar-refractivity contribution in [1.82, 2.24) is 14.5 Å². The van der Waals surface area contributed by atoms with Crippen molar-refractivity contribution >= 4 is 11.0 Å². The molecule has 0 amide bonds. The molecule has 0 bridgehead atoms. The maximum Gasteiger partial charge on any atom is 0.148 e. The SMILES string of the molecule is [2H]C([2H])(c1ccc(-n2c(-c3cc(C(C)(C)C)ccc3O)nc3c(-c4[c-]c(-c5cc(-c6ccc(C(C)(C)c7ccccc7)cc6)ccn5)cc(C(C)(C)C)c4)cccc32)c(-c2ccccc2)c1)C1CCCC1.[Pt]. The molecular weight excluding hydrogens is 1030 g/mol. The number of phenolic OH excluding ortho intramolecular Hbond substituents is 1. The zero-order valence-corrected chi connectivity index (χ0v) is 43.9. The Kier molecular flexibility index (Phi) is 12.8. The van der Waals surface area contributed by atoms with Crippen LogP contribution in [0.25, 0.3) is 72.7 Å². The second-order valence-electron chi connectivity index (χ2n) is 21.6. The fraction of sp³-hybridized carbons (Fsp3) is 0.262. The van der Waals surface area contributed by atoms with Gasteiger partial charge in [-0.3, -0.25) is 9.55 Å². The van der Waals surface area contributed by atoms with E-state index >= 15 is 0 Å². The smallest absolute Gasteiger partial charge is 0.148 e. The summed E-state index contributed by atoms with van der Waals surface area (Å²) in [4.78, 5) is 10.5. The molecule has 4 nitrogen and oxygen atoms in total. The topological polar surface area (TPSA) is 50.9 Å². The predicted octanol–water partition coefficient (Wildman–Crippen LogP) is 16.9. The number of imidazole rings is 1. The van der Waals surface area contributed by atoms with Crippen LogP contribution in [0.4, 0.5) is 0 Å². The van der Waals surface area contributed by atoms with Gasteiger partial charge in [0, 0.05) is 46.7 Å². The average molecular weight is 1100 g/mol. The van der Waals surface area contributed by atoms with Crippen molar-refractivity contribution in [1.29, 1.82) is 0 Å². The number of rotatable bonds is 10. The van der Waals surface area contributed by atoms with Gasteiger partial charge in [0.15, 0.2) is 0 Å². The molecule has 0 aliphatic heterocycles. The van der Waals surface area contributed by atoms with Crippen LogP contribution in [0.2, 0.25) is 0 Å². The summed E-state index contributed by atoms with van der Waals surface area (Å²) in [5.74, 6) is 0.698. The summed E-state index contributed by atoms with van der Waals surface area (Å²) in [7, 11) is 0. The number of aromatic hydroxyl groups is 1. The Labute approximate surface area is 433 Å². The van der Waals surface area contributed by atoms with E-state index in [1.807, 2.05) is 36.5 Å². The molecule has 1 saturated carbocycles. The van der Waals surface area contributed by atoms with Crippen LogP contribution in [0.15, 0.2) is 170 Å². The van der Waals surface area contributed by atoms with Crippen molar-refractivity contribution in [2.45, 2.75) is 104 Å². The fourth-order valence-electron chi connectivity index (χ4n) is 10.0. The molecule has 0 saturated heterocycles. The minimum Gasteiger partial charge on any atom is -0.507 e. The van der Waals surface area contributed by atoms with E-state index in [1.54, 1.807) is 6.07 Å². The Hall–Kier alpha value is -6.35. The van der Waals surface area contributed by atoms with Gasteiger partial charge in [-0.15, -0.1) is 29.3 Å². The minimum absolute atomic E-state index is 0. The molecule has 2 heterocycles. The first kappa shape index (κ1) is 46.1. The van der Waals surface area contributed by atoms with Gasteiger partial charge >= 0.3 is 0 Å². The second kappa shape index (κ2) is 19.4. The summed E-state index contributed by atoms with van der Waals surface area (Å²) in [5.41, 5.74) is 15.6. The molecule has 0 spiro atoms. The molecule has 1 fully saturated rings. The van der Waals surface area contributed by atoms with Crippen molar-refractivity contribution in [2.24, 2.45) is 5.92 Å². The normalized spacial score (nSPS) is 14.1. The van der Waals surface area contributed by atoms with Crippen LogP contribution in [-0.2, 0) is 43.7 Å². The molecule has 5 heteroatoms. The molecule has 0 atom stereocenters. The molecule has 0 radical (unpaired) electrons. The first-order valence-electron chi connectivity index (χ1n) is 25.6. The van der Waals surface area contributed by atoms with Gasteiger partial charge in [-0.2, -0.15) is 0 Å². The van der Waals surface area contributed by atoms with Gasteiger partial charge < -0.3 is 5.11 Å². The summed E-state index contributed by atoms with van der Waals surface area (Å²) >= 11 is 0. The molecule has 0 unspecified atom stereocenters. The zero-order chi connectivity index (χ0) is 49.9. The molecule has 7 aromatic carbocycles. The van der Waals surface area contributed by atoms with Crippen LogP contribution in [0.1, 0.15) is 112 Å². The van der Waals surface area contributed by atoms with E-state index in [-0.39, 0.29) is 49.0 Å². The van der Waals surface area contributed by atoms with Crippen LogP contribution in [0.3, 0.4) is 0 Å². The van der Waals surface area contributed by atoms with Crippen molar-refractivity contribution < 1.29 is 28.9 Å². The second-order valence-corrected chi connectivity index (χ2v) is 21.6. The first-order chi connectivity index (χ1) is 33.9. The third kappa shape index (κ3) is 9.73. The largest absolute Gasteiger partial charge is 0.507 e. The Balaban J connectivity index is 0.00000640. The number of fused-ring (bicyclic) bond motifs is 1. The van der Waals surface area contributed by atoms with Gasteiger partial charge in [0.1, 0.15) is 11.6 Å². The third-order valence-electron chi connectivity index (χ3n) is 14.3. The third-order valence-corrected chi connectivity index (χ3v) is 14.3. The van der Waals surface area contributed by atoms with Gasteiger partial charge in [-0.1, -0.05) is 207 Å². The Morgan fingerprint density at radius 3 is 1.94 bits per heavy atom. The number of phenols is 1. The number of hydrogen-bond acceptors (Lipinski definition) is 3. The summed E-state index contributed by atoms with van der Waals surface area (Å²) in [6, 6.07) is 60.6. The first-order valence-corrected chi connectivity index (χ1v) is 24.6. The minimum atomic E-state index is -1.49. The average Bonchev–Trinajstić information content (AvgIpc) is 4.06. The quantitative estimate of drug-likeness (QED) is 0.139. The standard InChI is InChI=1S/C65H64N3O.Pt/c1-63(2,3)52-31-33-60(69)56(42-52)62-67-61-54(24-17-25-59(61)68(62)58-32-26-44(36-43-18-15-16-19-43)37-55(58)46-20-11-9-12-21-46)48-38-49(40-53(39-48)64(4,5)6)57-41-47(34-35-66-57)45-27-29-51(30-28-45)65(7,8)50-22-13-10-14-23-50;/h9-14,17,20-35,37,39-43,69H,15-16,18-19,36H2,1-8H3;/q-1;/i36D2;. The van der Waals surface area contributed by atoms with Crippen LogP contribution < -0.4 is 0 Å². The Bertz CT molecular complexity index is 3390. The van der Waals surface area contributed by atoms with E-state index < -0.39 is 6.37 Å². The molecule has 1 N–H and O–H groups in total. The van der Waals surface area contributed by atoms with Crippen molar-refractivity contribution in [3.8, 4) is 67.5 Å². The summed E-state index contributed by atoms with van der Waals surface area (Å²) in [6.07, 6.45) is 4.29. The summed E-state index contributed by atoms with van der Waals surface area (Å²) in [5, 5.41) is 11.9. The molecule has 1 aliphatic carbocycles. The fourth-order valence-corrected chi connectivity index (χ4v) is 10.0. The van der Waals surface area contributed by atoms with Crippen LogP contribution in [-0.4, -0.2) is 19.6 Å². The van der Waals surface area contributed by atoms with E-state index in [0.29, 0.717) is 17.0 Å². The predicted molar refractivity (Wildman–Crippen MR) is 288 cm³/mol. The molecule has 2 aromatic heterocycles. The Morgan fingerprint density at radius 2 is 1.24 bits per heavy atom. The van der Waals surface area contributed by atoms with Crippen molar-refractivity contribution in [3.63, 3.8) is 0 Å². The molecule has 70 heavy (non-hydrogen) atoms. The molecule has 1 aliphatic rings. The zero-order valence-electron chi connectivity index (χ0n) is 43.7. The molecule has 10 rings (SSSR count). The number of pyridine rings is 1. The monoisotopic (exact) mass is 1100 g/mol. The van der Waals surface area contributed by atoms with Crippen molar-refractivity contribution in [3.05, 3.63) is 204 Å².